The number of hydrogen-bond donors (Lipinski definition) is 2. The summed E-state index contributed by atoms with van der Waals surface area (Å²) in [7, 11) is 0. The minimum Gasteiger partial charge on any atom is -0.335 e. The molecule has 0 atom stereocenters. The molecule has 0 fully saturated rings. The number of aromatic amines is 2. The Labute approximate surface area is 181 Å². The minimum atomic E-state index is -0.280. The number of imidazole rings is 1. The van der Waals surface area contributed by atoms with Gasteiger partial charge in [0, 0.05) is 29.7 Å². The molecule has 2 N–H and O–H groups in total. The molecular formula is C24H16FN7. The van der Waals surface area contributed by atoms with E-state index in [1.807, 2.05) is 43.3 Å². The molecule has 0 radical (unpaired) electrons. The summed E-state index contributed by atoms with van der Waals surface area (Å²) in [4.78, 5) is 21.3. The number of hydrogen-bond acceptors (Lipinski definition) is 5. The van der Waals surface area contributed by atoms with Crippen molar-refractivity contribution in [1.82, 2.24) is 35.1 Å². The Balaban J connectivity index is 1.52. The van der Waals surface area contributed by atoms with Gasteiger partial charge in [0.25, 0.3) is 0 Å². The van der Waals surface area contributed by atoms with Crippen molar-refractivity contribution in [3.05, 3.63) is 78.5 Å². The largest absolute Gasteiger partial charge is 0.335 e. The van der Waals surface area contributed by atoms with E-state index in [9.17, 15) is 4.39 Å². The van der Waals surface area contributed by atoms with E-state index in [1.165, 1.54) is 12.1 Å². The average molecular weight is 421 g/mol. The number of aromatic nitrogens is 7. The quantitative estimate of drug-likeness (QED) is 0.416. The Morgan fingerprint density at radius 2 is 1.81 bits per heavy atom. The van der Waals surface area contributed by atoms with Crippen molar-refractivity contribution in [1.29, 1.82) is 0 Å². The SMILES string of the molecule is Cc1cc(F)cc(-c2ccnc3nc(-c4[nH]nc5ncc(-c6ccccn6)cc45)[nH]c23)c1. The molecule has 0 unspecified atom stereocenters. The fraction of sp³-hybridized carbons (Fsp3) is 0.0417. The van der Waals surface area contributed by atoms with Crippen molar-refractivity contribution in [2.45, 2.75) is 6.92 Å². The van der Waals surface area contributed by atoms with Gasteiger partial charge in [-0.25, -0.2) is 19.3 Å². The first-order chi connectivity index (χ1) is 15.7. The third-order valence-electron chi connectivity index (χ3n) is 5.35. The maximum atomic E-state index is 14.0. The van der Waals surface area contributed by atoms with Gasteiger partial charge in [0.05, 0.1) is 16.6 Å². The Hall–Kier alpha value is -4.46. The highest BCUT2D eigenvalue weighted by molar-refractivity contribution is 5.96. The third-order valence-corrected chi connectivity index (χ3v) is 5.35. The smallest absolute Gasteiger partial charge is 0.181 e. The first-order valence-electron chi connectivity index (χ1n) is 10.0. The molecule has 0 bridgehead atoms. The molecule has 0 aliphatic rings. The fourth-order valence-electron chi connectivity index (χ4n) is 3.92. The Morgan fingerprint density at radius 3 is 2.66 bits per heavy atom. The molecule has 7 nitrogen and oxygen atoms in total. The van der Waals surface area contributed by atoms with Crippen LogP contribution in [-0.4, -0.2) is 35.1 Å². The highest BCUT2D eigenvalue weighted by Crippen LogP contribution is 2.32. The zero-order chi connectivity index (χ0) is 21.7. The molecule has 0 amide bonds. The van der Waals surface area contributed by atoms with Gasteiger partial charge in [-0.05, 0) is 54.4 Å². The van der Waals surface area contributed by atoms with E-state index in [1.54, 1.807) is 18.6 Å². The molecule has 1 aromatic carbocycles. The highest BCUT2D eigenvalue weighted by atomic mass is 19.1. The molecule has 5 heterocycles. The van der Waals surface area contributed by atoms with E-state index in [0.29, 0.717) is 22.8 Å². The number of nitrogens with one attached hydrogen (secondary N) is 2. The maximum Gasteiger partial charge on any atom is 0.181 e. The van der Waals surface area contributed by atoms with Crippen molar-refractivity contribution >= 4 is 22.2 Å². The first kappa shape index (κ1) is 18.3. The van der Waals surface area contributed by atoms with E-state index < -0.39 is 0 Å². The van der Waals surface area contributed by atoms with Crippen LogP contribution >= 0.6 is 0 Å². The molecule has 8 heteroatoms. The number of halogens is 1. The predicted octanol–water partition coefficient (Wildman–Crippen LogP) is 5.07. The van der Waals surface area contributed by atoms with Crippen LogP contribution in [0.25, 0.3) is 56.1 Å². The molecule has 0 saturated heterocycles. The zero-order valence-corrected chi connectivity index (χ0v) is 17.0. The molecule has 0 spiro atoms. The highest BCUT2D eigenvalue weighted by Gasteiger charge is 2.17. The molecule has 5 aromatic heterocycles. The topological polar surface area (TPSA) is 96.0 Å². The van der Waals surface area contributed by atoms with Crippen molar-refractivity contribution in [3.63, 3.8) is 0 Å². The summed E-state index contributed by atoms with van der Waals surface area (Å²) < 4.78 is 14.0. The van der Waals surface area contributed by atoms with Crippen LogP contribution in [0.5, 0.6) is 0 Å². The van der Waals surface area contributed by atoms with Crippen LogP contribution in [0.2, 0.25) is 0 Å². The van der Waals surface area contributed by atoms with E-state index >= 15 is 0 Å². The second-order valence-corrected chi connectivity index (χ2v) is 7.57. The lowest BCUT2D eigenvalue weighted by Crippen LogP contribution is -1.86. The minimum absolute atomic E-state index is 0.280. The van der Waals surface area contributed by atoms with Crippen LogP contribution in [0.3, 0.4) is 0 Å². The van der Waals surface area contributed by atoms with Gasteiger partial charge in [-0.3, -0.25) is 10.1 Å². The van der Waals surface area contributed by atoms with Gasteiger partial charge in [-0.2, -0.15) is 5.10 Å². The lowest BCUT2D eigenvalue weighted by atomic mass is 10.0. The van der Waals surface area contributed by atoms with Crippen LogP contribution in [-0.2, 0) is 0 Å². The zero-order valence-electron chi connectivity index (χ0n) is 17.0. The molecule has 32 heavy (non-hydrogen) atoms. The lowest BCUT2D eigenvalue weighted by molar-refractivity contribution is 0.627. The van der Waals surface area contributed by atoms with Gasteiger partial charge in [0.1, 0.15) is 11.5 Å². The van der Waals surface area contributed by atoms with Crippen LogP contribution in [0.1, 0.15) is 5.56 Å². The van der Waals surface area contributed by atoms with Gasteiger partial charge in [-0.15, -0.1) is 0 Å². The Morgan fingerprint density at radius 1 is 0.875 bits per heavy atom. The van der Waals surface area contributed by atoms with Crippen LogP contribution in [0, 0.1) is 12.7 Å². The van der Waals surface area contributed by atoms with Crippen molar-refractivity contribution < 1.29 is 4.39 Å². The van der Waals surface area contributed by atoms with E-state index in [2.05, 4.69) is 35.1 Å². The number of pyridine rings is 3. The summed E-state index contributed by atoms with van der Waals surface area (Å²) in [6.07, 6.45) is 5.17. The standard InChI is InChI=1S/C24H16FN7/c1-13-8-14(10-16(25)9-13)17-5-7-27-23-20(17)29-24(30-23)21-18-11-15(12-28-22(18)32-31-21)19-4-2-3-6-26-19/h2-12H,1H3,(H,27,29,30)(H,28,31,32). The molecule has 6 rings (SSSR count). The number of rotatable bonds is 3. The number of fused-ring (bicyclic) bond motifs is 2. The summed E-state index contributed by atoms with van der Waals surface area (Å²) in [5.41, 5.74) is 6.68. The summed E-state index contributed by atoms with van der Waals surface area (Å²) in [6.45, 7) is 1.87. The van der Waals surface area contributed by atoms with Gasteiger partial charge < -0.3 is 4.98 Å². The summed E-state index contributed by atoms with van der Waals surface area (Å²) >= 11 is 0. The normalized spacial score (nSPS) is 11.4. The number of H-pyrrole nitrogens is 2. The Bertz CT molecular complexity index is 1580. The molecule has 6 aromatic rings. The monoisotopic (exact) mass is 421 g/mol. The summed E-state index contributed by atoms with van der Waals surface area (Å²) in [6, 6.07) is 14.5. The van der Waals surface area contributed by atoms with Crippen molar-refractivity contribution in [2.24, 2.45) is 0 Å². The third kappa shape index (κ3) is 3.01. The number of benzene rings is 1. The van der Waals surface area contributed by atoms with Gasteiger partial charge in [0.2, 0.25) is 0 Å². The van der Waals surface area contributed by atoms with Crippen LogP contribution < -0.4 is 0 Å². The van der Waals surface area contributed by atoms with Gasteiger partial charge in [0.15, 0.2) is 17.1 Å². The fourth-order valence-corrected chi connectivity index (χ4v) is 3.92. The molecule has 0 saturated carbocycles. The molecular weight excluding hydrogens is 405 g/mol. The predicted molar refractivity (Wildman–Crippen MR) is 120 cm³/mol. The van der Waals surface area contributed by atoms with Gasteiger partial charge in [-0.1, -0.05) is 12.1 Å². The van der Waals surface area contributed by atoms with Crippen LogP contribution in [0.15, 0.2) is 67.1 Å². The van der Waals surface area contributed by atoms with E-state index in [-0.39, 0.29) is 5.82 Å². The number of nitrogens with zero attached hydrogens (tertiary/aromatic N) is 5. The second kappa shape index (κ2) is 7.05. The second-order valence-electron chi connectivity index (χ2n) is 7.57. The average Bonchev–Trinajstić information content (AvgIpc) is 3.42. The molecule has 154 valence electrons. The summed E-state index contributed by atoms with van der Waals surface area (Å²) in [5, 5.41) is 8.17. The van der Waals surface area contributed by atoms with Crippen molar-refractivity contribution in [3.8, 4) is 33.9 Å². The first-order valence-corrected chi connectivity index (χ1v) is 10.0. The molecule has 0 aliphatic heterocycles. The molecule has 0 aliphatic carbocycles. The van der Waals surface area contributed by atoms with E-state index in [0.717, 1.165) is 38.9 Å². The van der Waals surface area contributed by atoms with Crippen LogP contribution in [0.4, 0.5) is 4.39 Å². The van der Waals surface area contributed by atoms with Crippen molar-refractivity contribution in [2.75, 3.05) is 0 Å². The lowest BCUT2D eigenvalue weighted by Gasteiger charge is -2.04. The summed E-state index contributed by atoms with van der Waals surface area (Å²) in [5.74, 6) is 0.299. The van der Waals surface area contributed by atoms with Gasteiger partial charge >= 0.3 is 0 Å². The number of aryl methyl sites for hydroxylation is 1. The van der Waals surface area contributed by atoms with E-state index in [4.69, 9.17) is 0 Å². The maximum absolute atomic E-state index is 14.0. The Kier molecular flexibility index (Phi) is 4.04.